The Bertz CT molecular complexity index is 493. The first kappa shape index (κ1) is 14.7. The minimum atomic E-state index is -4.56. The van der Waals surface area contributed by atoms with Crippen LogP contribution in [0.1, 0.15) is 18.6 Å². The lowest BCUT2D eigenvalue weighted by Crippen LogP contribution is -2.60. The van der Waals surface area contributed by atoms with Crippen molar-refractivity contribution in [2.75, 3.05) is 32.8 Å². The van der Waals surface area contributed by atoms with E-state index in [0.717, 1.165) is 26.2 Å². The number of halogens is 3. The van der Waals surface area contributed by atoms with Crippen LogP contribution in [-0.4, -0.2) is 64.9 Å². The van der Waals surface area contributed by atoms with E-state index in [1.807, 2.05) is 4.90 Å². The molecule has 2 aliphatic heterocycles. The highest BCUT2D eigenvalue weighted by Gasteiger charge is 2.38. The van der Waals surface area contributed by atoms with Gasteiger partial charge in [0, 0.05) is 31.7 Å². The second-order valence-corrected chi connectivity index (χ2v) is 5.52. The third-order valence-corrected chi connectivity index (χ3v) is 3.93. The summed E-state index contributed by atoms with van der Waals surface area (Å²) in [6, 6.07) is 0.652. The van der Waals surface area contributed by atoms with Crippen molar-refractivity contribution in [1.82, 2.24) is 19.9 Å². The lowest BCUT2D eigenvalue weighted by Gasteiger charge is -2.46. The van der Waals surface area contributed by atoms with E-state index in [2.05, 4.69) is 26.5 Å². The van der Waals surface area contributed by atoms with Gasteiger partial charge in [-0.25, -0.2) is 0 Å². The summed E-state index contributed by atoms with van der Waals surface area (Å²) in [6.45, 7) is 6.11. The largest absolute Gasteiger partial charge is 0.455 e. The van der Waals surface area contributed by atoms with E-state index in [0.29, 0.717) is 12.6 Å². The molecular formula is C12H17F3N4O2. The van der Waals surface area contributed by atoms with Gasteiger partial charge in [-0.05, 0) is 6.92 Å². The fourth-order valence-electron chi connectivity index (χ4n) is 2.90. The molecule has 0 amide bonds. The topological polar surface area (TPSA) is 54.6 Å². The monoisotopic (exact) mass is 306 g/mol. The normalized spacial score (nSPS) is 28.6. The number of aromatic nitrogens is 2. The average Bonchev–Trinajstić information content (AvgIpc) is 2.87. The van der Waals surface area contributed by atoms with Crippen LogP contribution in [0, 0.1) is 0 Å². The quantitative estimate of drug-likeness (QED) is 0.812. The number of rotatable bonds is 2. The predicted molar refractivity (Wildman–Crippen MR) is 65.4 cm³/mol. The molecule has 0 aliphatic carbocycles. The van der Waals surface area contributed by atoms with Crippen molar-refractivity contribution in [3.8, 4) is 0 Å². The SMILES string of the molecule is C[C@H]1COC[C@H]2CN(Cc3nc(C(F)(F)F)no3)CCN21. The molecule has 1 aromatic heterocycles. The second kappa shape index (κ2) is 5.54. The molecule has 0 N–H and O–H groups in total. The van der Waals surface area contributed by atoms with Crippen LogP contribution in [0.5, 0.6) is 0 Å². The molecule has 3 rings (SSSR count). The highest BCUT2D eigenvalue weighted by Crippen LogP contribution is 2.26. The standard InChI is InChI=1S/C12H17F3N4O2/c1-8-6-20-7-9-4-18(2-3-19(8)9)5-10-16-11(17-21-10)12(13,14)15/h8-9H,2-7H2,1H3/t8-,9+/m0/s1. The summed E-state index contributed by atoms with van der Waals surface area (Å²) in [5.41, 5.74) is 0. The first-order valence-corrected chi connectivity index (χ1v) is 6.89. The molecule has 2 atom stereocenters. The Hall–Kier alpha value is -1.19. The minimum Gasteiger partial charge on any atom is -0.378 e. The molecule has 3 heterocycles. The van der Waals surface area contributed by atoms with Gasteiger partial charge in [0.1, 0.15) is 0 Å². The van der Waals surface area contributed by atoms with Gasteiger partial charge in [-0.1, -0.05) is 5.16 Å². The van der Waals surface area contributed by atoms with E-state index >= 15 is 0 Å². The van der Waals surface area contributed by atoms with Crippen molar-refractivity contribution in [3.05, 3.63) is 11.7 Å². The van der Waals surface area contributed by atoms with Crippen molar-refractivity contribution >= 4 is 0 Å². The van der Waals surface area contributed by atoms with E-state index in [-0.39, 0.29) is 18.5 Å². The summed E-state index contributed by atoms with van der Waals surface area (Å²) in [4.78, 5) is 7.81. The Kier molecular flexibility index (Phi) is 3.89. The molecule has 0 radical (unpaired) electrons. The van der Waals surface area contributed by atoms with Gasteiger partial charge in [0.2, 0.25) is 5.89 Å². The highest BCUT2D eigenvalue weighted by atomic mass is 19.4. The highest BCUT2D eigenvalue weighted by molar-refractivity contribution is 4.93. The van der Waals surface area contributed by atoms with Crippen LogP contribution in [0.15, 0.2) is 4.52 Å². The van der Waals surface area contributed by atoms with Gasteiger partial charge < -0.3 is 9.26 Å². The zero-order valence-electron chi connectivity index (χ0n) is 11.6. The van der Waals surface area contributed by atoms with E-state index in [9.17, 15) is 13.2 Å². The lowest BCUT2D eigenvalue weighted by molar-refractivity contribution is -0.146. The molecule has 21 heavy (non-hydrogen) atoms. The number of fused-ring (bicyclic) bond motifs is 1. The zero-order chi connectivity index (χ0) is 15.0. The van der Waals surface area contributed by atoms with Crippen molar-refractivity contribution in [2.24, 2.45) is 0 Å². The summed E-state index contributed by atoms with van der Waals surface area (Å²) in [5, 5.41) is 2.97. The summed E-state index contributed by atoms with van der Waals surface area (Å²) < 4.78 is 47.5. The van der Waals surface area contributed by atoms with Gasteiger partial charge in [-0.15, -0.1) is 0 Å². The van der Waals surface area contributed by atoms with Gasteiger partial charge in [0.05, 0.1) is 19.8 Å². The fraction of sp³-hybridized carbons (Fsp3) is 0.833. The Morgan fingerprint density at radius 1 is 1.29 bits per heavy atom. The van der Waals surface area contributed by atoms with Crippen LogP contribution in [-0.2, 0) is 17.5 Å². The van der Waals surface area contributed by atoms with E-state index in [1.54, 1.807) is 0 Å². The molecule has 0 unspecified atom stereocenters. The molecule has 2 aliphatic rings. The molecular weight excluding hydrogens is 289 g/mol. The smallest absolute Gasteiger partial charge is 0.378 e. The zero-order valence-corrected chi connectivity index (χ0v) is 11.6. The van der Waals surface area contributed by atoms with Crippen molar-refractivity contribution in [1.29, 1.82) is 0 Å². The summed E-state index contributed by atoms with van der Waals surface area (Å²) >= 11 is 0. The maximum Gasteiger partial charge on any atom is 0.455 e. The molecule has 0 aromatic carbocycles. The maximum atomic E-state index is 12.4. The van der Waals surface area contributed by atoms with Gasteiger partial charge in [-0.3, -0.25) is 9.80 Å². The Labute approximate surface area is 119 Å². The Morgan fingerprint density at radius 2 is 2.10 bits per heavy atom. The van der Waals surface area contributed by atoms with Crippen LogP contribution in [0.25, 0.3) is 0 Å². The molecule has 2 fully saturated rings. The lowest BCUT2D eigenvalue weighted by atomic mass is 10.1. The van der Waals surface area contributed by atoms with E-state index < -0.39 is 12.0 Å². The number of hydrogen-bond acceptors (Lipinski definition) is 6. The molecule has 1 aromatic rings. The molecule has 2 saturated heterocycles. The number of morpholine rings is 1. The number of alkyl halides is 3. The average molecular weight is 306 g/mol. The fourth-order valence-corrected chi connectivity index (χ4v) is 2.90. The third kappa shape index (κ3) is 3.19. The van der Waals surface area contributed by atoms with E-state index in [4.69, 9.17) is 4.74 Å². The van der Waals surface area contributed by atoms with Crippen LogP contribution in [0.3, 0.4) is 0 Å². The van der Waals surface area contributed by atoms with Gasteiger partial charge in [0.15, 0.2) is 0 Å². The Balaban J connectivity index is 1.60. The first-order chi connectivity index (χ1) is 9.93. The summed E-state index contributed by atoms with van der Waals surface area (Å²) in [5.74, 6) is -1.22. The number of hydrogen-bond donors (Lipinski definition) is 0. The van der Waals surface area contributed by atoms with Crippen LogP contribution in [0.2, 0.25) is 0 Å². The van der Waals surface area contributed by atoms with E-state index in [1.165, 1.54) is 0 Å². The van der Waals surface area contributed by atoms with Crippen molar-refractivity contribution in [3.63, 3.8) is 0 Å². The molecule has 9 heteroatoms. The van der Waals surface area contributed by atoms with Gasteiger partial charge in [-0.2, -0.15) is 18.2 Å². The van der Waals surface area contributed by atoms with Gasteiger partial charge >= 0.3 is 6.18 Å². The van der Waals surface area contributed by atoms with Crippen molar-refractivity contribution in [2.45, 2.75) is 31.7 Å². The molecule has 0 bridgehead atoms. The Morgan fingerprint density at radius 3 is 2.81 bits per heavy atom. The molecule has 118 valence electrons. The van der Waals surface area contributed by atoms with Crippen LogP contribution in [0.4, 0.5) is 13.2 Å². The maximum absolute atomic E-state index is 12.4. The first-order valence-electron chi connectivity index (χ1n) is 6.89. The molecule has 0 spiro atoms. The van der Waals surface area contributed by atoms with Crippen LogP contribution >= 0.6 is 0 Å². The number of piperazine rings is 1. The molecule has 6 nitrogen and oxygen atoms in total. The molecule has 0 saturated carbocycles. The minimum absolute atomic E-state index is 0.000510. The number of ether oxygens (including phenoxy) is 1. The predicted octanol–water partition coefficient (Wildman–Crippen LogP) is 0.993. The summed E-state index contributed by atoms with van der Waals surface area (Å²) in [6.07, 6.45) is -4.56. The van der Waals surface area contributed by atoms with Gasteiger partial charge in [0.25, 0.3) is 5.82 Å². The van der Waals surface area contributed by atoms with Crippen molar-refractivity contribution < 1.29 is 22.4 Å². The third-order valence-electron chi connectivity index (χ3n) is 3.93. The second-order valence-electron chi connectivity index (χ2n) is 5.52. The number of nitrogens with zero attached hydrogens (tertiary/aromatic N) is 4. The van der Waals surface area contributed by atoms with Crippen LogP contribution < -0.4 is 0 Å². The summed E-state index contributed by atoms with van der Waals surface area (Å²) in [7, 11) is 0.